The van der Waals surface area contributed by atoms with Crippen LogP contribution in [0.4, 0.5) is 19.4 Å². The molecule has 9 nitrogen and oxygen atoms in total. The van der Waals surface area contributed by atoms with Crippen molar-refractivity contribution in [2.24, 2.45) is 0 Å². The van der Waals surface area contributed by atoms with Gasteiger partial charge in [-0.2, -0.15) is 4.98 Å². The third-order valence-corrected chi connectivity index (χ3v) is 5.24. The topological polar surface area (TPSA) is 111 Å². The SMILES string of the molecule is CS(=O)(=O)c1nc(NC2CCC(F)(F)CC2)cc(OOC(=O)N2CCC2)n1. The van der Waals surface area contributed by atoms with Crippen molar-refractivity contribution < 1.29 is 31.8 Å². The summed E-state index contributed by atoms with van der Waals surface area (Å²) in [6.07, 6.45) is 0.997. The predicted octanol–water partition coefficient (Wildman–Crippen LogP) is 2.01. The van der Waals surface area contributed by atoms with Crippen molar-refractivity contribution in [2.75, 3.05) is 24.7 Å². The first kappa shape index (κ1) is 19.5. The Bertz CT molecular complexity index is 806. The fourth-order valence-electron chi connectivity index (χ4n) is 2.71. The second kappa shape index (κ2) is 7.41. The van der Waals surface area contributed by atoms with Crippen molar-refractivity contribution in [1.29, 1.82) is 0 Å². The lowest BCUT2D eigenvalue weighted by molar-refractivity contribution is -0.161. The Morgan fingerprint density at radius 2 is 1.96 bits per heavy atom. The molecule has 0 bridgehead atoms. The van der Waals surface area contributed by atoms with E-state index in [9.17, 15) is 22.0 Å². The zero-order valence-corrected chi connectivity index (χ0v) is 15.5. The molecule has 1 amide bonds. The molecule has 1 saturated heterocycles. The normalized spacial score (nSPS) is 19.9. The van der Waals surface area contributed by atoms with Gasteiger partial charge in [0.15, 0.2) is 0 Å². The molecule has 0 unspecified atom stereocenters. The highest BCUT2D eigenvalue weighted by Crippen LogP contribution is 2.34. The van der Waals surface area contributed by atoms with Gasteiger partial charge in [-0.25, -0.2) is 31.9 Å². The molecule has 1 aliphatic heterocycles. The summed E-state index contributed by atoms with van der Waals surface area (Å²) < 4.78 is 50.1. The quantitative estimate of drug-likeness (QED) is 0.449. The van der Waals surface area contributed by atoms with E-state index in [-0.39, 0.29) is 43.4 Å². The van der Waals surface area contributed by atoms with E-state index in [4.69, 9.17) is 4.89 Å². The van der Waals surface area contributed by atoms with Gasteiger partial charge in [-0.3, -0.25) is 4.89 Å². The Labute approximate surface area is 154 Å². The average Bonchev–Trinajstić information content (AvgIpc) is 2.52. The van der Waals surface area contributed by atoms with E-state index in [1.165, 1.54) is 11.0 Å². The maximum absolute atomic E-state index is 13.3. The molecule has 1 N–H and O–H groups in total. The van der Waals surface area contributed by atoms with Crippen molar-refractivity contribution in [2.45, 2.75) is 49.2 Å². The zero-order valence-electron chi connectivity index (χ0n) is 14.7. The molecule has 1 aliphatic carbocycles. The lowest BCUT2D eigenvalue weighted by atomic mass is 9.92. The Balaban J connectivity index is 1.71. The second-order valence-corrected chi connectivity index (χ2v) is 8.60. The second-order valence-electron chi connectivity index (χ2n) is 6.69. The molecule has 0 atom stereocenters. The minimum absolute atomic E-state index is 0.0932. The number of amides is 1. The number of carbonyl (C=O) groups excluding carboxylic acids is 1. The standard InChI is InChI=1S/C15H20F2N4O5S/c1-27(23,24)13-19-11(18-10-3-5-15(16,17)6-4-10)9-12(20-13)25-26-14(22)21-7-2-8-21/h9-10H,2-8H2,1H3,(H,18,19,20). The Kier molecular flexibility index (Phi) is 5.36. The summed E-state index contributed by atoms with van der Waals surface area (Å²) in [4.78, 5) is 30.2. The monoisotopic (exact) mass is 406 g/mol. The minimum Gasteiger partial charge on any atom is -0.367 e. The van der Waals surface area contributed by atoms with Crippen molar-refractivity contribution in [3.63, 3.8) is 0 Å². The number of likely N-dealkylation sites (tertiary alicyclic amines) is 1. The Hall–Kier alpha value is -2.24. The lowest BCUT2D eigenvalue weighted by Crippen LogP contribution is -2.42. The molecule has 12 heteroatoms. The highest BCUT2D eigenvalue weighted by atomic mass is 32.2. The molecule has 2 fully saturated rings. The first-order chi connectivity index (χ1) is 12.6. The van der Waals surface area contributed by atoms with Gasteiger partial charge in [0.05, 0.1) is 0 Å². The smallest absolute Gasteiger partial charge is 0.367 e. The minimum atomic E-state index is -3.77. The molecule has 0 spiro atoms. The van der Waals surface area contributed by atoms with E-state index >= 15 is 0 Å². The molecule has 27 heavy (non-hydrogen) atoms. The zero-order chi connectivity index (χ0) is 19.7. The van der Waals surface area contributed by atoms with E-state index in [2.05, 4.69) is 20.2 Å². The number of nitrogens with one attached hydrogen (secondary N) is 1. The van der Waals surface area contributed by atoms with Gasteiger partial charge in [-0.1, -0.05) is 0 Å². The Morgan fingerprint density at radius 3 is 2.52 bits per heavy atom. The van der Waals surface area contributed by atoms with Crippen LogP contribution in [0.3, 0.4) is 0 Å². The number of aromatic nitrogens is 2. The van der Waals surface area contributed by atoms with Gasteiger partial charge in [0, 0.05) is 44.3 Å². The molecule has 0 radical (unpaired) electrons. The third-order valence-electron chi connectivity index (χ3n) is 4.40. The number of hydrogen-bond acceptors (Lipinski definition) is 8. The van der Waals surface area contributed by atoms with Crippen molar-refractivity contribution in [3.8, 4) is 5.88 Å². The van der Waals surface area contributed by atoms with Crippen LogP contribution in [0.15, 0.2) is 11.2 Å². The number of halogens is 2. The largest absolute Gasteiger partial charge is 0.452 e. The first-order valence-electron chi connectivity index (χ1n) is 8.49. The van der Waals surface area contributed by atoms with Crippen LogP contribution in [0.1, 0.15) is 32.1 Å². The number of sulfone groups is 1. The van der Waals surface area contributed by atoms with E-state index in [0.717, 1.165) is 12.7 Å². The molecule has 1 aromatic rings. The molecular weight excluding hydrogens is 386 g/mol. The fraction of sp³-hybridized carbons (Fsp3) is 0.667. The molecule has 0 aromatic carbocycles. The highest BCUT2D eigenvalue weighted by Gasteiger charge is 2.35. The van der Waals surface area contributed by atoms with Crippen LogP contribution in [-0.2, 0) is 14.7 Å². The van der Waals surface area contributed by atoms with E-state index in [1.807, 2.05) is 0 Å². The summed E-state index contributed by atoms with van der Waals surface area (Å²) in [6.45, 7) is 1.11. The van der Waals surface area contributed by atoms with E-state index in [0.29, 0.717) is 13.1 Å². The average molecular weight is 406 g/mol. The number of rotatable bonds is 5. The van der Waals surface area contributed by atoms with Gasteiger partial charge in [0.25, 0.3) is 11.0 Å². The van der Waals surface area contributed by atoms with Gasteiger partial charge < -0.3 is 10.2 Å². The Morgan fingerprint density at radius 1 is 1.30 bits per heavy atom. The number of nitrogens with zero attached hydrogens (tertiary/aromatic N) is 3. The molecule has 1 aromatic heterocycles. The summed E-state index contributed by atoms with van der Waals surface area (Å²) in [7, 11) is -3.77. The third kappa shape index (κ3) is 5.15. The van der Waals surface area contributed by atoms with Crippen molar-refractivity contribution >= 4 is 21.7 Å². The van der Waals surface area contributed by atoms with Gasteiger partial charge in [-0.05, 0) is 19.3 Å². The van der Waals surface area contributed by atoms with Crippen molar-refractivity contribution in [3.05, 3.63) is 6.07 Å². The van der Waals surface area contributed by atoms with Crippen LogP contribution in [0.25, 0.3) is 0 Å². The van der Waals surface area contributed by atoms with E-state index < -0.39 is 27.0 Å². The molecule has 2 heterocycles. The van der Waals surface area contributed by atoms with Crippen LogP contribution in [-0.4, -0.2) is 60.7 Å². The molecule has 2 aliphatic rings. The van der Waals surface area contributed by atoms with Gasteiger partial charge in [0.1, 0.15) is 5.82 Å². The predicted molar refractivity (Wildman–Crippen MR) is 89.3 cm³/mol. The summed E-state index contributed by atoms with van der Waals surface area (Å²) in [5.41, 5.74) is 0. The number of hydrogen-bond donors (Lipinski definition) is 1. The van der Waals surface area contributed by atoms with Gasteiger partial charge in [-0.15, -0.1) is 0 Å². The summed E-state index contributed by atoms with van der Waals surface area (Å²) in [5, 5.41) is 2.40. The maximum atomic E-state index is 13.3. The number of anilines is 1. The maximum Gasteiger partial charge on any atom is 0.452 e. The first-order valence-corrected chi connectivity index (χ1v) is 10.4. The summed E-state index contributed by atoms with van der Waals surface area (Å²) in [6, 6.07) is 0.966. The van der Waals surface area contributed by atoms with Gasteiger partial charge >= 0.3 is 6.09 Å². The summed E-state index contributed by atoms with van der Waals surface area (Å²) >= 11 is 0. The van der Waals surface area contributed by atoms with Crippen molar-refractivity contribution in [1.82, 2.24) is 14.9 Å². The number of alkyl halides is 2. The highest BCUT2D eigenvalue weighted by molar-refractivity contribution is 7.90. The van der Waals surface area contributed by atoms with Crippen LogP contribution in [0, 0.1) is 0 Å². The fourth-order valence-corrected chi connectivity index (χ4v) is 3.23. The number of carbonyl (C=O) groups is 1. The van der Waals surface area contributed by atoms with E-state index in [1.54, 1.807) is 0 Å². The molecule has 1 saturated carbocycles. The van der Waals surface area contributed by atoms with Crippen LogP contribution in [0.2, 0.25) is 0 Å². The molecular formula is C15H20F2N4O5S. The van der Waals surface area contributed by atoms with Gasteiger partial charge in [0.2, 0.25) is 15.8 Å². The lowest BCUT2D eigenvalue weighted by Gasteiger charge is -2.29. The van der Waals surface area contributed by atoms with Crippen LogP contribution >= 0.6 is 0 Å². The molecule has 150 valence electrons. The van der Waals surface area contributed by atoms with Crippen LogP contribution in [0.5, 0.6) is 5.88 Å². The summed E-state index contributed by atoms with van der Waals surface area (Å²) in [5.74, 6) is -2.86. The van der Waals surface area contributed by atoms with Crippen LogP contribution < -0.4 is 10.2 Å². The molecule has 3 rings (SSSR count).